The Morgan fingerprint density at radius 3 is 2.31 bits per heavy atom. The Kier molecular flexibility index (Phi) is 5.45. The van der Waals surface area contributed by atoms with Crippen LogP contribution in [-0.2, 0) is 10.0 Å². The Morgan fingerprint density at radius 1 is 1.07 bits per heavy atom. The third-order valence-electron chi connectivity index (χ3n) is 4.46. The highest BCUT2D eigenvalue weighted by molar-refractivity contribution is 7.92. The van der Waals surface area contributed by atoms with Gasteiger partial charge >= 0.3 is 0 Å². The van der Waals surface area contributed by atoms with Crippen molar-refractivity contribution in [3.63, 3.8) is 0 Å². The molecule has 0 atom stereocenters. The molecule has 0 saturated carbocycles. The predicted octanol–water partition coefficient (Wildman–Crippen LogP) is 4.28. The molecule has 0 aliphatic rings. The number of benzene rings is 2. The van der Waals surface area contributed by atoms with E-state index in [9.17, 15) is 13.2 Å². The van der Waals surface area contributed by atoms with E-state index in [1.165, 1.54) is 13.3 Å². The van der Waals surface area contributed by atoms with Crippen molar-refractivity contribution in [2.75, 3.05) is 24.2 Å². The molecule has 154 valence electrons. The van der Waals surface area contributed by atoms with E-state index in [-0.39, 0.29) is 10.8 Å². The Hall–Kier alpha value is -2.80. The summed E-state index contributed by atoms with van der Waals surface area (Å²) in [6, 6.07) is 12.0. The van der Waals surface area contributed by atoms with Gasteiger partial charge in [-0.15, -0.1) is 0 Å². The van der Waals surface area contributed by atoms with Gasteiger partial charge in [0.05, 0.1) is 29.5 Å². The van der Waals surface area contributed by atoms with Gasteiger partial charge in [-0.25, -0.2) is 8.42 Å². The number of anilines is 1. The highest BCUT2D eigenvalue weighted by Crippen LogP contribution is 2.26. The second kappa shape index (κ2) is 7.55. The van der Waals surface area contributed by atoms with Gasteiger partial charge in [0.15, 0.2) is 5.43 Å². The Labute approximate surface area is 170 Å². The van der Waals surface area contributed by atoms with Crippen molar-refractivity contribution < 1.29 is 17.6 Å². The van der Waals surface area contributed by atoms with Crippen LogP contribution in [0.25, 0.3) is 22.1 Å². The summed E-state index contributed by atoms with van der Waals surface area (Å²) in [6.07, 6.45) is 2.52. The van der Waals surface area contributed by atoms with E-state index in [0.29, 0.717) is 28.8 Å². The van der Waals surface area contributed by atoms with Crippen LogP contribution >= 0.6 is 0 Å². The first-order chi connectivity index (χ1) is 13.5. The summed E-state index contributed by atoms with van der Waals surface area (Å²) in [5, 5.41) is 0.390. The summed E-state index contributed by atoms with van der Waals surface area (Å²) in [4.78, 5) is 12.9. The minimum atomic E-state index is -3.40. The topological polar surface area (TPSA) is 76.8 Å². The number of rotatable bonds is 5. The van der Waals surface area contributed by atoms with Crippen molar-refractivity contribution in [1.82, 2.24) is 0 Å². The molecule has 3 rings (SSSR count). The smallest absolute Gasteiger partial charge is 0.231 e. The average Bonchev–Trinajstić information content (AvgIpc) is 2.65. The average molecular weight is 416 g/mol. The molecule has 1 aromatic heterocycles. The Morgan fingerprint density at radius 2 is 1.72 bits per heavy atom. The zero-order chi connectivity index (χ0) is 21.4. The number of hydrogen-bond acceptors (Lipinski definition) is 5. The maximum Gasteiger partial charge on any atom is 0.231 e. The maximum atomic E-state index is 12.9. The van der Waals surface area contributed by atoms with Gasteiger partial charge in [0.1, 0.15) is 17.6 Å². The number of nitrogens with zero attached hydrogens (tertiary/aromatic N) is 1. The molecule has 7 heteroatoms. The summed E-state index contributed by atoms with van der Waals surface area (Å²) in [5.74, 6) is 0.738. The van der Waals surface area contributed by atoms with Gasteiger partial charge in [-0.05, 0) is 35.2 Å². The molecular formula is C22H25NO5S. The van der Waals surface area contributed by atoms with Crippen LogP contribution in [0, 0.1) is 5.41 Å². The van der Waals surface area contributed by atoms with Crippen LogP contribution in [0.3, 0.4) is 0 Å². The number of sulfonamides is 1. The molecule has 29 heavy (non-hydrogen) atoms. The molecule has 3 aromatic rings. The van der Waals surface area contributed by atoms with Crippen molar-refractivity contribution in [3.05, 3.63) is 59.0 Å². The van der Waals surface area contributed by atoms with E-state index in [0.717, 1.165) is 21.9 Å². The molecule has 0 radical (unpaired) electrons. The fraction of sp³-hybridized carbons (Fsp3) is 0.318. The fourth-order valence-corrected chi connectivity index (χ4v) is 3.23. The quantitative estimate of drug-likeness (QED) is 0.622. The fourth-order valence-electron chi connectivity index (χ4n) is 2.73. The standard InChI is InChI=1S/C22H25NO5S/c1-22(2,3)14-28-17-9-6-15(7-10-17)19-13-27-20-12-16(23(4)29(5,25)26)8-11-18(20)21(19)24/h6-13H,14H2,1-5H3. The monoisotopic (exact) mass is 415 g/mol. The molecule has 0 aliphatic heterocycles. The molecule has 2 aromatic carbocycles. The second-order valence-corrected chi connectivity index (χ2v) is 10.3. The molecule has 0 bridgehead atoms. The number of hydrogen-bond donors (Lipinski definition) is 0. The minimum absolute atomic E-state index is 0.0577. The second-order valence-electron chi connectivity index (χ2n) is 8.26. The van der Waals surface area contributed by atoms with Gasteiger partial charge < -0.3 is 9.15 Å². The molecule has 0 amide bonds. The third kappa shape index (κ3) is 4.79. The minimum Gasteiger partial charge on any atom is -0.493 e. The van der Waals surface area contributed by atoms with E-state index in [4.69, 9.17) is 9.15 Å². The largest absolute Gasteiger partial charge is 0.493 e. The zero-order valence-electron chi connectivity index (χ0n) is 17.2. The summed E-state index contributed by atoms with van der Waals surface area (Å²) < 4.78 is 36.0. The van der Waals surface area contributed by atoms with Crippen LogP contribution < -0.4 is 14.5 Å². The molecule has 0 aliphatic carbocycles. The number of fused-ring (bicyclic) bond motifs is 1. The highest BCUT2D eigenvalue weighted by atomic mass is 32.2. The van der Waals surface area contributed by atoms with E-state index >= 15 is 0 Å². The lowest BCUT2D eigenvalue weighted by atomic mass is 9.99. The van der Waals surface area contributed by atoms with Crippen LogP contribution in [0.1, 0.15) is 20.8 Å². The molecule has 0 N–H and O–H groups in total. The lowest BCUT2D eigenvalue weighted by molar-refractivity contribution is 0.198. The van der Waals surface area contributed by atoms with E-state index in [2.05, 4.69) is 20.8 Å². The van der Waals surface area contributed by atoms with Gasteiger partial charge in [-0.3, -0.25) is 9.10 Å². The summed E-state index contributed by atoms with van der Waals surface area (Å²) in [7, 11) is -1.95. The van der Waals surface area contributed by atoms with Crippen LogP contribution in [0.5, 0.6) is 5.75 Å². The van der Waals surface area contributed by atoms with Crippen molar-refractivity contribution in [3.8, 4) is 16.9 Å². The Bertz CT molecular complexity index is 1190. The van der Waals surface area contributed by atoms with Gasteiger partial charge in [0, 0.05) is 13.1 Å². The highest BCUT2D eigenvalue weighted by Gasteiger charge is 2.15. The number of ether oxygens (including phenoxy) is 1. The molecule has 6 nitrogen and oxygen atoms in total. The molecule has 0 spiro atoms. The van der Waals surface area contributed by atoms with Crippen molar-refractivity contribution in [1.29, 1.82) is 0 Å². The summed E-state index contributed by atoms with van der Waals surface area (Å²) in [5.41, 5.74) is 1.80. The first-order valence-electron chi connectivity index (χ1n) is 9.18. The predicted molar refractivity (Wildman–Crippen MR) is 116 cm³/mol. The van der Waals surface area contributed by atoms with Gasteiger partial charge in [-0.1, -0.05) is 32.9 Å². The van der Waals surface area contributed by atoms with Crippen LogP contribution in [-0.4, -0.2) is 28.3 Å². The van der Waals surface area contributed by atoms with E-state index in [1.807, 2.05) is 24.3 Å². The molecule has 0 unspecified atom stereocenters. The summed E-state index contributed by atoms with van der Waals surface area (Å²) >= 11 is 0. The SMILES string of the molecule is CN(c1ccc2c(=O)c(-c3ccc(OCC(C)(C)C)cc3)coc2c1)S(C)(=O)=O. The van der Waals surface area contributed by atoms with Crippen LogP contribution in [0.2, 0.25) is 0 Å². The normalized spacial score (nSPS) is 12.2. The van der Waals surface area contributed by atoms with E-state index in [1.54, 1.807) is 18.2 Å². The molecule has 0 saturated heterocycles. The maximum absolute atomic E-state index is 12.9. The van der Waals surface area contributed by atoms with Crippen LogP contribution in [0.15, 0.2) is 57.9 Å². The van der Waals surface area contributed by atoms with Crippen LogP contribution in [0.4, 0.5) is 5.69 Å². The molecule has 0 fully saturated rings. The van der Waals surface area contributed by atoms with E-state index < -0.39 is 10.0 Å². The lowest BCUT2D eigenvalue weighted by Gasteiger charge is -2.18. The van der Waals surface area contributed by atoms with Crippen molar-refractivity contribution >= 4 is 26.7 Å². The first-order valence-corrected chi connectivity index (χ1v) is 11.0. The van der Waals surface area contributed by atoms with Crippen molar-refractivity contribution in [2.45, 2.75) is 20.8 Å². The Balaban J connectivity index is 1.93. The third-order valence-corrected chi connectivity index (χ3v) is 5.66. The van der Waals surface area contributed by atoms with Crippen molar-refractivity contribution in [2.24, 2.45) is 5.41 Å². The molecular weight excluding hydrogens is 390 g/mol. The lowest BCUT2D eigenvalue weighted by Crippen LogP contribution is -2.24. The van der Waals surface area contributed by atoms with Gasteiger partial charge in [0.2, 0.25) is 10.0 Å². The molecule has 1 heterocycles. The van der Waals surface area contributed by atoms with Gasteiger partial charge in [0.25, 0.3) is 0 Å². The van der Waals surface area contributed by atoms with Gasteiger partial charge in [-0.2, -0.15) is 0 Å². The summed E-state index contributed by atoms with van der Waals surface area (Å²) in [6.45, 7) is 6.89. The first kappa shape index (κ1) is 20.9. The zero-order valence-corrected chi connectivity index (χ0v) is 18.0.